The monoisotopic (exact) mass is 431 g/mol. The van der Waals surface area contributed by atoms with Crippen LogP contribution in [-0.4, -0.2) is 45.7 Å². The number of aryl methyl sites for hydroxylation is 1. The average Bonchev–Trinajstić information content (AvgIpc) is 3.27. The molecule has 2 aliphatic heterocycles. The van der Waals surface area contributed by atoms with E-state index in [4.69, 9.17) is 4.74 Å². The lowest BCUT2D eigenvalue weighted by molar-refractivity contribution is -0.135. The zero-order chi connectivity index (χ0) is 22.3. The molecule has 4 amide bonds. The van der Waals surface area contributed by atoms with Crippen LogP contribution in [0.15, 0.2) is 60.7 Å². The Kier molecular flexibility index (Phi) is 4.66. The Hall–Kier alpha value is -4.14. The quantitative estimate of drug-likeness (QED) is 0.617. The summed E-state index contributed by atoms with van der Waals surface area (Å²) in [6, 6.07) is 17.6. The first kappa shape index (κ1) is 19.8. The van der Waals surface area contributed by atoms with Gasteiger partial charge in [0.15, 0.2) is 5.54 Å². The van der Waals surface area contributed by atoms with Gasteiger partial charge in [-0.05, 0) is 25.1 Å². The van der Waals surface area contributed by atoms with Gasteiger partial charge < -0.3 is 15.4 Å². The standard InChI is InChI=1S/C23H21N5O4/c1-15-13-19(28(26-15)16-7-3-2-4-8-16)24-20(29)14-27-21(30)23(25-22(27)31)11-12-32-18-10-6-5-9-17(18)23/h2-10,13H,11-12,14H2,1H3,(H,24,29)(H,25,31). The van der Waals surface area contributed by atoms with Gasteiger partial charge in [-0.1, -0.05) is 36.4 Å². The summed E-state index contributed by atoms with van der Waals surface area (Å²) in [7, 11) is 0. The number of hydrogen-bond acceptors (Lipinski definition) is 5. The van der Waals surface area contributed by atoms with E-state index in [1.54, 1.807) is 28.9 Å². The molecule has 0 radical (unpaired) electrons. The van der Waals surface area contributed by atoms with Crippen LogP contribution in [0.3, 0.4) is 0 Å². The number of anilines is 1. The van der Waals surface area contributed by atoms with Gasteiger partial charge in [-0.3, -0.25) is 14.5 Å². The highest BCUT2D eigenvalue weighted by Crippen LogP contribution is 2.40. The van der Waals surface area contributed by atoms with E-state index in [0.717, 1.165) is 16.3 Å². The number of carbonyl (C=O) groups is 3. The molecule has 1 fully saturated rings. The summed E-state index contributed by atoms with van der Waals surface area (Å²) >= 11 is 0. The Labute approximate surface area is 184 Å². The third-order valence-electron chi connectivity index (χ3n) is 5.66. The molecular weight excluding hydrogens is 410 g/mol. The molecule has 9 heteroatoms. The third kappa shape index (κ3) is 3.18. The molecule has 1 saturated heterocycles. The molecule has 0 saturated carbocycles. The van der Waals surface area contributed by atoms with Crippen LogP contribution in [0, 0.1) is 6.92 Å². The normalized spacial score (nSPS) is 19.5. The maximum Gasteiger partial charge on any atom is 0.325 e. The summed E-state index contributed by atoms with van der Waals surface area (Å²) in [5.74, 6) is 0.0574. The molecule has 1 aromatic heterocycles. The first-order chi connectivity index (χ1) is 15.5. The zero-order valence-electron chi connectivity index (χ0n) is 17.4. The summed E-state index contributed by atoms with van der Waals surface area (Å²) in [6.45, 7) is 1.70. The van der Waals surface area contributed by atoms with Crippen molar-refractivity contribution in [1.82, 2.24) is 20.0 Å². The lowest BCUT2D eigenvalue weighted by Crippen LogP contribution is -2.48. The van der Waals surface area contributed by atoms with E-state index < -0.39 is 29.9 Å². The Morgan fingerprint density at radius 3 is 2.72 bits per heavy atom. The lowest BCUT2D eigenvalue weighted by Gasteiger charge is -2.33. The molecule has 2 aliphatic rings. The van der Waals surface area contributed by atoms with Crippen LogP contribution >= 0.6 is 0 Å². The Bertz CT molecular complexity index is 1220. The second-order valence-electron chi connectivity index (χ2n) is 7.79. The molecule has 162 valence electrons. The average molecular weight is 431 g/mol. The van der Waals surface area contributed by atoms with Crippen LogP contribution < -0.4 is 15.4 Å². The summed E-state index contributed by atoms with van der Waals surface area (Å²) in [5.41, 5.74) is 0.889. The van der Waals surface area contributed by atoms with Crippen molar-refractivity contribution in [3.63, 3.8) is 0 Å². The predicted octanol–water partition coefficient (Wildman–Crippen LogP) is 2.35. The highest BCUT2D eigenvalue weighted by molar-refractivity contribution is 6.10. The number of amides is 4. The second kappa shape index (κ2) is 7.52. The molecule has 9 nitrogen and oxygen atoms in total. The second-order valence-corrected chi connectivity index (χ2v) is 7.79. The molecule has 1 unspecified atom stereocenters. The summed E-state index contributed by atoms with van der Waals surface area (Å²) in [5, 5.41) is 9.98. The van der Waals surface area contributed by atoms with Crippen molar-refractivity contribution in [2.45, 2.75) is 18.9 Å². The molecule has 1 atom stereocenters. The highest BCUT2D eigenvalue weighted by atomic mass is 16.5. The Morgan fingerprint density at radius 2 is 1.91 bits per heavy atom. The summed E-state index contributed by atoms with van der Waals surface area (Å²) in [4.78, 5) is 39.8. The van der Waals surface area contributed by atoms with Gasteiger partial charge in [0.1, 0.15) is 18.1 Å². The molecule has 3 aromatic rings. The van der Waals surface area contributed by atoms with Crippen LogP contribution in [0.1, 0.15) is 17.7 Å². The van der Waals surface area contributed by atoms with Crippen LogP contribution in [0.25, 0.3) is 5.69 Å². The molecule has 0 aliphatic carbocycles. The van der Waals surface area contributed by atoms with Gasteiger partial charge in [0.2, 0.25) is 5.91 Å². The van der Waals surface area contributed by atoms with Crippen molar-refractivity contribution < 1.29 is 19.1 Å². The van der Waals surface area contributed by atoms with Crippen molar-refractivity contribution in [2.24, 2.45) is 0 Å². The molecule has 0 bridgehead atoms. The largest absolute Gasteiger partial charge is 0.493 e. The predicted molar refractivity (Wildman–Crippen MR) is 115 cm³/mol. The van der Waals surface area contributed by atoms with E-state index in [0.29, 0.717) is 30.2 Å². The molecule has 2 N–H and O–H groups in total. The third-order valence-corrected chi connectivity index (χ3v) is 5.66. The number of carbonyl (C=O) groups excluding carboxylic acids is 3. The number of rotatable bonds is 4. The number of fused-ring (bicyclic) bond motifs is 2. The molecule has 3 heterocycles. The maximum absolute atomic E-state index is 13.3. The topological polar surface area (TPSA) is 106 Å². The van der Waals surface area contributed by atoms with Gasteiger partial charge in [0, 0.05) is 18.1 Å². The smallest absolute Gasteiger partial charge is 0.325 e. The van der Waals surface area contributed by atoms with Crippen LogP contribution in [0.5, 0.6) is 5.75 Å². The number of para-hydroxylation sites is 2. The Morgan fingerprint density at radius 1 is 1.16 bits per heavy atom. The van der Waals surface area contributed by atoms with Crippen molar-refractivity contribution in [3.05, 3.63) is 71.9 Å². The molecule has 2 aromatic carbocycles. The van der Waals surface area contributed by atoms with Crippen molar-refractivity contribution in [3.8, 4) is 11.4 Å². The van der Waals surface area contributed by atoms with Gasteiger partial charge in [0.25, 0.3) is 5.91 Å². The van der Waals surface area contributed by atoms with Gasteiger partial charge in [0.05, 0.1) is 18.0 Å². The molecule has 1 spiro atoms. The highest BCUT2D eigenvalue weighted by Gasteiger charge is 2.55. The van der Waals surface area contributed by atoms with Crippen molar-refractivity contribution in [1.29, 1.82) is 0 Å². The number of aromatic nitrogens is 2. The minimum atomic E-state index is -1.21. The van der Waals surface area contributed by atoms with Gasteiger partial charge in [-0.25, -0.2) is 9.48 Å². The number of imide groups is 1. The van der Waals surface area contributed by atoms with Gasteiger partial charge >= 0.3 is 6.03 Å². The first-order valence-electron chi connectivity index (χ1n) is 10.3. The number of nitrogens with one attached hydrogen (secondary N) is 2. The van der Waals surface area contributed by atoms with E-state index in [-0.39, 0.29) is 0 Å². The number of ether oxygens (including phenoxy) is 1. The number of urea groups is 1. The van der Waals surface area contributed by atoms with E-state index in [1.807, 2.05) is 43.3 Å². The molecule has 5 rings (SSSR count). The number of benzene rings is 2. The zero-order valence-corrected chi connectivity index (χ0v) is 17.4. The number of nitrogens with zero attached hydrogens (tertiary/aromatic N) is 3. The summed E-state index contributed by atoms with van der Waals surface area (Å²) < 4.78 is 7.24. The lowest BCUT2D eigenvalue weighted by atomic mass is 9.84. The summed E-state index contributed by atoms with van der Waals surface area (Å²) in [6.07, 6.45) is 0.298. The van der Waals surface area contributed by atoms with E-state index in [9.17, 15) is 14.4 Å². The van der Waals surface area contributed by atoms with E-state index >= 15 is 0 Å². The van der Waals surface area contributed by atoms with Crippen molar-refractivity contribution in [2.75, 3.05) is 18.5 Å². The molecule has 32 heavy (non-hydrogen) atoms. The minimum Gasteiger partial charge on any atom is -0.493 e. The van der Waals surface area contributed by atoms with Crippen LogP contribution in [0.2, 0.25) is 0 Å². The first-order valence-corrected chi connectivity index (χ1v) is 10.3. The minimum absolute atomic E-state index is 0.290. The number of hydrogen-bond donors (Lipinski definition) is 2. The fourth-order valence-electron chi connectivity index (χ4n) is 4.20. The fourth-order valence-corrected chi connectivity index (χ4v) is 4.20. The van der Waals surface area contributed by atoms with Crippen LogP contribution in [0.4, 0.5) is 10.6 Å². The molecular formula is C23H21N5O4. The van der Waals surface area contributed by atoms with Gasteiger partial charge in [-0.15, -0.1) is 0 Å². The Balaban J connectivity index is 1.37. The van der Waals surface area contributed by atoms with E-state index in [2.05, 4.69) is 15.7 Å². The SMILES string of the molecule is Cc1cc(NC(=O)CN2C(=O)NC3(CCOc4ccccc43)C2=O)n(-c2ccccc2)n1. The maximum atomic E-state index is 13.3. The van der Waals surface area contributed by atoms with Gasteiger partial charge in [-0.2, -0.15) is 5.10 Å². The fraction of sp³-hybridized carbons (Fsp3) is 0.217. The van der Waals surface area contributed by atoms with E-state index in [1.165, 1.54) is 0 Å². The van der Waals surface area contributed by atoms with Crippen molar-refractivity contribution >= 4 is 23.7 Å². The van der Waals surface area contributed by atoms with Crippen LogP contribution in [-0.2, 0) is 15.1 Å².